The van der Waals surface area contributed by atoms with Gasteiger partial charge in [0, 0.05) is 22.2 Å². The van der Waals surface area contributed by atoms with Crippen molar-refractivity contribution in [3.63, 3.8) is 0 Å². The Labute approximate surface area is 227 Å². The molecule has 3 aromatic carbocycles. The lowest BCUT2D eigenvalue weighted by Crippen LogP contribution is -2.59. The molecule has 192 valence electrons. The number of halogens is 3. The molecule has 1 fully saturated rings. The van der Waals surface area contributed by atoms with Gasteiger partial charge in [0.15, 0.2) is 6.29 Å². The lowest BCUT2D eigenvalue weighted by molar-refractivity contribution is -0.314. The maximum Gasteiger partial charge on any atom is 0.186 e. The van der Waals surface area contributed by atoms with Crippen LogP contribution in [0.4, 0.5) is 0 Å². The summed E-state index contributed by atoms with van der Waals surface area (Å²) < 4.78 is 31.0. The van der Waals surface area contributed by atoms with Crippen LogP contribution in [0.1, 0.15) is 23.6 Å². The van der Waals surface area contributed by atoms with Crippen LogP contribution < -0.4 is 0 Å². The number of rotatable bonds is 10. The van der Waals surface area contributed by atoms with Gasteiger partial charge in [-0.25, -0.2) is 0 Å². The van der Waals surface area contributed by atoms with Gasteiger partial charge < -0.3 is 23.7 Å². The topological polar surface area (TPSA) is 46.2 Å². The minimum atomic E-state index is -0.627. The van der Waals surface area contributed by atoms with Gasteiger partial charge in [-0.2, -0.15) is 0 Å². The second kappa shape index (κ2) is 13.2. The third-order valence-electron chi connectivity index (χ3n) is 6.03. The Morgan fingerprint density at radius 2 is 0.944 bits per heavy atom. The number of methoxy groups -OCH3 is 1. The molecule has 0 N–H and O–H groups in total. The molecule has 4 rings (SSSR count). The van der Waals surface area contributed by atoms with Crippen LogP contribution in [-0.4, -0.2) is 37.8 Å². The van der Waals surface area contributed by atoms with Crippen LogP contribution in [0.25, 0.3) is 0 Å². The molecular formula is C28H29Cl3O5. The summed E-state index contributed by atoms with van der Waals surface area (Å²) in [4.78, 5) is 0. The van der Waals surface area contributed by atoms with E-state index in [9.17, 15) is 0 Å². The third-order valence-corrected chi connectivity index (χ3v) is 6.78. The van der Waals surface area contributed by atoms with Crippen LogP contribution >= 0.6 is 34.8 Å². The van der Waals surface area contributed by atoms with Crippen molar-refractivity contribution in [1.82, 2.24) is 0 Å². The lowest BCUT2D eigenvalue weighted by Gasteiger charge is -2.44. The molecule has 0 radical (unpaired) electrons. The molecular weight excluding hydrogens is 523 g/mol. The Balaban J connectivity index is 1.54. The average molecular weight is 552 g/mol. The summed E-state index contributed by atoms with van der Waals surface area (Å²) in [6.45, 7) is 3.02. The summed E-state index contributed by atoms with van der Waals surface area (Å²) in [5, 5.41) is 2.02. The predicted octanol–water partition coefficient (Wildman–Crippen LogP) is 7.09. The third kappa shape index (κ3) is 7.44. The van der Waals surface area contributed by atoms with Gasteiger partial charge >= 0.3 is 0 Å². The van der Waals surface area contributed by atoms with Crippen molar-refractivity contribution < 1.29 is 23.7 Å². The minimum absolute atomic E-state index is 0.298. The van der Waals surface area contributed by atoms with Gasteiger partial charge in [0.2, 0.25) is 0 Å². The highest BCUT2D eigenvalue weighted by molar-refractivity contribution is 6.31. The summed E-state index contributed by atoms with van der Waals surface area (Å²) in [6.07, 6.45) is -2.33. The van der Waals surface area contributed by atoms with Gasteiger partial charge in [0.1, 0.15) is 18.3 Å². The molecule has 1 saturated heterocycles. The van der Waals surface area contributed by atoms with Crippen LogP contribution in [-0.2, 0) is 43.5 Å². The van der Waals surface area contributed by atoms with Gasteiger partial charge in [0.25, 0.3) is 0 Å². The van der Waals surface area contributed by atoms with Gasteiger partial charge in [-0.15, -0.1) is 0 Å². The van der Waals surface area contributed by atoms with E-state index in [1.54, 1.807) is 7.11 Å². The Morgan fingerprint density at radius 3 is 1.33 bits per heavy atom. The molecule has 3 aromatic rings. The van der Waals surface area contributed by atoms with E-state index >= 15 is 0 Å². The van der Waals surface area contributed by atoms with Gasteiger partial charge in [-0.1, -0.05) is 71.2 Å². The van der Waals surface area contributed by atoms with Crippen molar-refractivity contribution >= 4 is 34.8 Å². The fourth-order valence-electron chi connectivity index (χ4n) is 4.08. The van der Waals surface area contributed by atoms with Crippen molar-refractivity contribution in [2.24, 2.45) is 0 Å². The predicted molar refractivity (Wildman–Crippen MR) is 141 cm³/mol. The highest BCUT2D eigenvalue weighted by atomic mass is 35.5. The second-order valence-corrected chi connectivity index (χ2v) is 9.96. The Kier molecular flexibility index (Phi) is 10.1. The fourth-order valence-corrected chi connectivity index (χ4v) is 4.46. The van der Waals surface area contributed by atoms with Crippen molar-refractivity contribution in [2.75, 3.05) is 7.11 Å². The van der Waals surface area contributed by atoms with Gasteiger partial charge in [0.05, 0.1) is 25.9 Å². The molecule has 5 atom stereocenters. The molecule has 1 aliphatic rings. The highest BCUT2D eigenvalue weighted by Crippen LogP contribution is 2.31. The molecule has 0 aliphatic carbocycles. The molecule has 0 amide bonds. The first-order valence-corrected chi connectivity index (χ1v) is 12.8. The molecule has 1 heterocycles. The monoisotopic (exact) mass is 550 g/mol. The molecule has 36 heavy (non-hydrogen) atoms. The Hall–Kier alpha value is -1.67. The zero-order valence-electron chi connectivity index (χ0n) is 20.1. The summed E-state index contributed by atoms with van der Waals surface area (Å²) in [5.41, 5.74) is 2.96. The highest BCUT2D eigenvalue weighted by Gasteiger charge is 2.47. The van der Waals surface area contributed by atoms with Crippen molar-refractivity contribution in [1.29, 1.82) is 0 Å². The summed E-state index contributed by atoms with van der Waals surface area (Å²) in [5.74, 6) is 0. The van der Waals surface area contributed by atoms with Gasteiger partial charge in [-0.05, 0) is 60.0 Å². The van der Waals surface area contributed by atoms with E-state index in [4.69, 9.17) is 58.5 Å². The Morgan fingerprint density at radius 1 is 0.583 bits per heavy atom. The molecule has 8 heteroatoms. The first-order valence-electron chi connectivity index (χ1n) is 11.7. The van der Waals surface area contributed by atoms with Crippen LogP contribution in [0, 0.1) is 0 Å². The molecule has 0 spiro atoms. The number of ether oxygens (including phenoxy) is 5. The van der Waals surface area contributed by atoms with Crippen molar-refractivity contribution in [2.45, 2.75) is 57.5 Å². The van der Waals surface area contributed by atoms with E-state index in [-0.39, 0.29) is 6.10 Å². The van der Waals surface area contributed by atoms with E-state index in [1.165, 1.54) is 0 Å². The van der Waals surface area contributed by atoms with Crippen molar-refractivity contribution in [3.05, 3.63) is 105 Å². The van der Waals surface area contributed by atoms with E-state index in [1.807, 2.05) is 79.7 Å². The number of hydrogen-bond donors (Lipinski definition) is 0. The molecule has 0 aromatic heterocycles. The second-order valence-electron chi connectivity index (χ2n) is 8.65. The van der Waals surface area contributed by atoms with Crippen LogP contribution in [0.2, 0.25) is 15.1 Å². The first-order chi connectivity index (χ1) is 17.4. The number of benzene rings is 3. The summed E-state index contributed by atoms with van der Waals surface area (Å²) >= 11 is 18.1. The van der Waals surface area contributed by atoms with E-state index in [0.29, 0.717) is 34.9 Å². The van der Waals surface area contributed by atoms with Crippen molar-refractivity contribution in [3.8, 4) is 0 Å². The van der Waals surface area contributed by atoms with Crippen LogP contribution in [0.15, 0.2) is 72.8 Å². The van der Waals surface area contributed by atoms with E-state index < -0.39 is 24.6 Å². The van der Waals surface area contributed by atoms with Gasteiger partial charge in [-0.3, -0.25) is 0 Å². The van der Waals surface area contributed by atoms with Crippen LogP contribution in [0.3, 0.4) is 0 Å². The maximum absolute atomic E-state index is 6.46. The SMILES string of the molecule is COC1O[C@@H](C)[C@@H](OCc2ccc(Cl)cc2)[C@@H](OCc2ccc(Cl)cc2)[C@@H]1OCc1ccc(Cl)cc1. The maximum atomic E-state index is 6.46. The molecule has 1 unspecified atom stereocenters. The summed E-state index contributed by atoms with van der Waals surface area (Å²) in [6, 6.07) is 22.6. The largest absolute Gasteiger partial charge is 0.368 e. The normalized spacial score (nSPS) is 24.1. The van der Waals surface area contributed by atoms with E-state index in [0.717, 1.165) is 16.7 Å². The average Bonchev–Trinajstić information content (AvgIpc) is 2.88. The molecule has 0 bridgehead atoms. The molecule has 1 aliphatic heterocycles. The minimum Gasteiger partial charge on any atom is -0.368 e. The standard InChI is InChI=1S/C28H29Cl3O5/c1-18-25(33-15-19-3-9-22(29)10-4-19)26(34-16-20-5-11-23(30)12-6-20)27(28(32-2)36-18)35-17-21-7-13-24(31)14-8-21/h3-14,18,25-28H,15-17H2,1-2H3/t18-,25+,26+,27-,28?/m0/s1. The van der Waals surface area contributed by atoms with Crippen LogP contribution in [0.5, 0.6) is 0 Å². The fraction of sp³-hybridized carbons (Fsp3) is 0.357. The van der Waals surface area contributed by atoms with E-state index in [2.05, 4.69) is 0 Å². The quantitative estimate of drug-likeness (QED) is 0.269. The number of hydrogen-bond acceptors (Lipinski definition) is 5. The molecule has 5 nitrogen and oxygen atoms in total. The smallest absolute Gasteiger partial charge is 0.186 e. The zero-order valence-corrected chi connectivity index (χ0v) is 22.4. The first kappa shape index (κ1) is 27.4. The lowest BCUT2D eigenvalue weighted by atomic mass is 9.98. The molecule has 0 saturated carbocycles. The zero-order chi connectivity index (χ0) is 25.5. The summed E-state index contributed by atoms with van der Waals surface area (Å²) in [7, 11) is 1.60. The Bertz CT molecular complexity index is 1080.